The number of esters is 1. The second-order valence-corrected chi connectivity index (χ2v) is 7.53. The molecular weight excluding hydrogens is 322 g/mol. The van der Waals surface area contributed by atoms with Crippen LogP contribution in [-0.4, -0.2) is 52.8 Å². The summed E-state index contributed by atoms with van der Waals surface area (Å²) in [6.45, 7) is 2.30. The lowest BCUT2D eigenvalue weighted by Crippen LogP contribution is -2.68. The molecule has 2 aliphatic heterocycles. The Labute approximate surface area is 146 Å². The Morgan fingerprint density at radius 3 is 2.72 bits per heavy atom. The molecule has 3 fully saturated rings. The first-order valence-electron chi connectivity index (χ1n) is 8.72. The highest BCUT2D eigenvalue weighted by molar-refractivity contribution is 5.95. The van der Waals surface area contributed by atoms with E-state index in [9.17, 15) is 14.7 Å². The minimum atomic E-state index is -1.24. The SMILES string of the molecule is COC(=O)[C@H]1N2C(=O)[C@H](OCc3ccccc3)[C@@H]2[C@]2(C)CCC[C@]12O. The van der Waals surface area contributed by atoms with Gasteiger partial charge in [0.1, 0.15) is 5.60 Å². The number of amides is 1. The fourth-order valence-electron chi connectivity index (χ4n) is 5.06. The fraction of sp³-hybridized carbons (Fsp3) is 0.579. The van der Waals surface area contributed by atoms with E-state index in [0.29, 0.717) is 13.0 Å². The number of hydrogen-bond acceptors (Lipinski definition) is 5. The third-order valence-corrected chi connectivity index (χ3v) is 6.41. The van der Waals surface area contributed by atoms with Gasteiger partial charge in [0, 0.05) is 5.41 Å². The molecule has 0 unspecified atom stereocenters. The molecule has 2 heterocycles. The zero-order chi connectivity index (χ0) is 17.8. The summed E-state index contributed by atoms with van der Waals surface area (Å²) >= 11 is 0. The van der Waals surface area contributed by atoms with E-state index >= 15 is 0 Å². The average molecular weight is 345 g/mol. The third-order valence-electron chi connectivity index (χ3n) is 6.41. The van der Waals surface area contributed by atoms with Crippen molar-refractivity contribution in [2.75, 3.05) is 7.11 Å². The molecule has 1 aromatic rings. The van der Waals surface area contributed by atoms with E-state index in [1.807, 2.05) is 37.3 Å². The van der Waals surface area contributed by atoms with Crippen molar-refractivity contribution in [2.24, 2.45) is 5.41 Å². The molecule has 4 rings (SSSR count). The molecule has 1 N–H and O–H groups in total. The van der Waals surface area contributed by atoms with E-state index < -0.39 is 29.1 Å². The normalized spacial score (nSPS) is 38.9. The topological polar surface area (TPSA) is 76.1 Å². The number of β-lactam (4-membered cyclic amide) rings is 1. The van der Waals surface area contributed by atoms with Gasteiger partial charge in [-0.05, 0) is 24.8 Å². The van der Waals surface area contributed by atoms with Gasteiger partial charge in [-0.2, -0.15) is 0 Å². The molecule has 3 aliphatic rings. The van der Waals surface area contributed by atoms with Crippen molar-refractivity contribution >= 4 is 11.9 Å². The van der Waals surface area contributed by atoms with Crippen molar-refractivity contribution in [3.05, 3.63) is 35.9 Å². The van der Waals surface area contributed by atoms with Crippen LogP contribution in [0.5, 0.6) is 0 Å². The van der Waals surface area contributed by atoms with E-state index in [1.54, 1.807) is 0 Å². The summed E-state index contributed by atoms with van der Waals surface area (Å²) in [5.41, 5.74) is -0.810. The Hall–Kier alpha value is -1.92. The van der Waals surface area contributed by atoms with Crippen LogP contribution in [0.2, 0.25) is 0 Å². The van der Waals surface area contributed by atoms with Crippen molar-refractivity contribution in [3.63, 3.8) is 0 Å². The lowest BCUT2D eigenvalue weighted by molar-refractivity contribution is -0.185. The summed E-state index contributed by atoms with van der Waals surface area (Å²) < 4.78 is 10.8. The lowest BCUT2D eigenvalue weighted by atomic mass is 9.69. The summed E-state index contributed by atoms with van der Waals surface area (Å²) in [6.07, 6.45) is 1.46. The van der Waals surface area contributed by atoms with Crippen LogP contribution in [0.1, 0.15) is 31.7 Å². The zero-order valence-corrected chi connectivity index (χ0v) is 14.5. The van der Waals surface area contributed by atoms with Gasteiger partial charge < -0.3 is 19.5 Å². The number of fused-ring (bicyclic) bond motifs is 3. The van der Waals surface area contributed by atoms with Gasteiger partial charge in [0.25, 0.3) is 5.91 Å². The minimum Gasteiger partial charge on any atom is -0.467 e. The van der Waals surface area contributed by atoms with E-state index in [-0.39, 0.29) is 11.9 Å². The maximum atomic E-state index is 12.7. The maximum absolute atomic E-state index is 12.7. The summed E-state index contributed by atoms with van der Waals surface area (Å²) in [4.78, 5) is 26.5. The predicted molar refractivity (Wildman–Crippen MR) is 88.4 cm³/mol. The molecule has 1 aromatic carbocycles. The van der Waals surface area contributed by atoms with Crippen LogP contribution in [0.15, 0.2) is 30.3 Å². The molecule has 5 atom stereocenters. The van der Waals surface area contributed by atoms with Crippen LogP contribution >= 0.6 is 0 Å². The molecule has 6 nitrogen and oxygen atoms in total. The van der Waals surface area contributed by atoms with Gasteiger partial charge >= 0.3 is 5.97 Å². The standard InChI is InChI=1S/C19H23NO5/c1-18-9-6-10-19(18,23)15(17(22)24-2)20-14(18)13(16(20)21)25-11-12-7-4-3-5-8-12/h3-5,7-8,13-15,23H,6,9-11H2,1-2H3/t13-,14-,15-,18+,19+/m1/s1. The molecule has 0 radical (unpaired) electrons. The number of rotatable bonds is 4. The first-order chi connectivity index (χ1) is 11.9. The van der Waals surface area contributed by atoms with Gasteiger partial charge in [-0.3, -0.25) is 4.79 Å². The van der Waals surface area contributed by atoms with Crippen molar-refractivity contribution in [2.45, 2.75) is 56.6 Å². The average Bonchev–Trinajstić information content (AvgIpc) is 3.00. The number of aliphatic hydroxyl groups is 1. The Morgan fingerprint density at radius 2 is 2.04 bits per heavy atom. The monoisotopic (exact) mass is 345 g/mol. The number of methoxy groups -OCH3 is 1. The number of carbonyl (C=O) groups excluding carboxylic acids is 2. The van der Waals surface area contributed by atoms with Crippen LogP contribution in [0.4, 0.5) is 0 Å². The molecule has 2 saturated heterocycles. The van der Waals surface area contributed by atoms with E-state index in [2.05, 4.69) is 0 Å². The maximum Gasteiger partial charge on any atom is 0.331 e. The molecule has 0 spiro atoms. The van der Waals surface area contributed by atoms with Gasteiger partial charge in [-0.15, -0.1) is 0 Å². The Kier molecular flexibility index (Phi) is 3.67. The molecule has 1 aliphatic carbocycles. The van der Waals surface area contributed by atoms with E-state index in [4.69, 9.17) is 9.47 Å². The third kappa shape index (κ3) is 2.04. The van der Waals surface area contributed by atoms with Crippen LogP contribution < -0.4 is 0 Å². The summed E-state index contributed by atoms with van der Waals surface area (Å²) in [5.74, 6) is -0.784. The van der Waals surface area contributed by atoms with Crippen LogP contribution in [0.25, 0.3) is 0 Å². The van der Waals surface area contributed by atoms with Crippen molar-refractivity contribution in [3.8, 4) is 0 Å². The van der Waals surface area contributed by atoms with Crippen molar-refractivity contribution < 1.29 is 24.2 Å². The molecular formula is C19H23NO5. The molecule has 25 heavy (non-hydrogen) atoms. The molecule has 0 aromatic heterocycles. The Balaban J connectivity index is 1.61. The number of hydrogen-bond donors (Lipinski definition) is 1. The van der Waals surface area contributed by atoms with Gasteiger partial charge in [0.15, 0.2) is 12.1 Å². The number of ether oxygens (including phenoxy) is 2. The summed E-state index contributed by atoms with van der Waals surface area (Å²) in [5, 5.41) is 11.3. The second kappa shape index (κ2) is 5.54. The van der Waals surface area contributed by atoms with Gasteiger partial charge in [-0.25, -0.2) is 4.79 Å². The van der Waals surface area contributed by atoms with Gasteiger partial charge in [0.05, 0.1) is 19.8 Å². The minimum absolute atomic E-state index is 0.236. The number of carbonyl (C=O) groups is 2. The lowest BCUT2D eigenvalue weighted by Gasteiger charge is -2.48. The first-order valence-corrected chi connectivity index (χ1v) is 8.72. The largest absolute Gasteiger partial charge is 0.467 e. The fourth-order valence-corrected chi connectivity index (χ4v) is 5.06. The molecule has 0 bridgehead atoms. The van der Waals surface area contributed by atoms with Gasteiger partial charge in [-0.1, -0.05) is 37.3 Å². The first kappa shape index (κ1) is 16.5. The Morgan fingerprint density at radius 1 is 1.32 bits per heavy atom. The van der Waals surface area contributed by atoms with Crippen LogP contribution in [0.3, 0.4) is 0 Å². The molecule has 1 amide bonds. The Bertz CT molecular complexity index is 707. The highest BCUT2D eigenvalue weighted by Crippen LogP contribution is 2.62. The van der Waals surface area contributed by atoms with E-state index in [1.165, 1.54) is 12.0 Å². The van der Waals surface area contributed by atoms with Crippen LogP contribution in [-0.2, 0) is 25.7 Å². The van der Waals surface area contributed by atoms with Crippen molar-refractivity contribution in [1.82, 2.24) is 4.90 Å². The summed E-state index contributed by atoms with van der Waals surface area (Å²) in [6, 6.07) is 8.44. The highest BCUT2D eigenvalue weighted by atomic mass is 16.5. The smallest absolute Gasteiger partial charge is 0.331 e. The highest BCUT2D eigenvalue weighted by Gasteiger charge is 2.77. The van der Waals surface area contributed by atoms with Crippen LogP contribution in [0, 0.1) is 5.41 Å². The molecule has 1 saturated carbocycles. The van der Waals surface area contributed by atoms with Gasteiger partial charge in [0.2, 0.25) is 0 Å². The number of nitrogens with zero attached hydrogens (tertiary/aromatic N) is 1. The molecule has 6 heteroatoms. The van der Waals surface area contributed by atoms with Crippen molar-refractivity contribution in [1.29, 1.82) is 0 Å². The molecule has 134 valence electrons. The quantitative estimate of drug-likeness (QED) is 0.657. The zero-order valence-electron chi connectivity index (χ0n) is 14.5. The number of benzene rings is 1. The second-order valence-electron chi connectivity index (χ2n) is 7.53. The summed E-state index contributed by atoms with van der Waals surface area (Å²) in [7, 11) is 1.29. The van der Waals surface area contributed by atoms with E-state index in [0.717, 1.165) is 18.4 Å². The predicted octanol–water partition coefficient (Wildman–Crippen LogP) is 1.26.